The summed E-state index contributed by atoms with van der Waals surface area (Å²) in [5.74, 6) is -0.432. The maximum Gasteiger partial charge on any atom is 0.261 e. The molecule has 0 bridgehead atoms. The number of hydrogen-bond donors (Lipinski definition) is 2. The van der Waals surface area contributed by atoms with Gasteiger partial charge in [0.15, 0.2) is 0 Å². The van der Waals surface area contributed by atoms with Gasteiger partial charge in [-0.2, -0.15) is 0 Å². The first-order valence-electron chi connectivity index (χ1n) is 8.52. The molecule has 4 nitrogen and oxygen atoms in total. The first kappa shape index (κ1) is 18.9. The number of hydrogen-bond acceptors (Lipinski definition) is 3. The SMILES string of the molecule is Cc1cccc(CNc2ccc(NS(=O)(=O)c3ccc(F)c(C)c3)cc2)c1. The Bertz CT molecular complexity index is 1050. The molecular formula is C21H21FN2O2S. The van der Waals surface area contributed by atoms with Gasteiger partial charge in [-0.05, 0) is 67.4 Å². The van der Waals surface area contributed by atoms with E-state index in [1.54, 1.807) is 12.1 Å². The summed E-state index contributed by atoms with van der Waals surface area (Å²) < 4.78 is 40.8. The largest absolute Gasteiger partial charge is 0.381 e. The van der Waals surface area contributed by atoms with Gasteiger partial charge in [0.25, 0.3) is 10.0 Å². The average Bonchev–Trinajstić information content (AvgIpc) is 2.63. The number of rotatable bonds is 6. The van der Waals surface area contributed by atoms with Gasteiger partial charge in [0.05, 0.1) is 4.90 Å². The Balaban J connectivity index is 1.67. The number of nitrogens with one attached hydrogen (secondary N) is 2. The second-order valence-corrected chi connectivity index (χ2v) is 8.12. The summed E-state index contributed by atoms with van der Waals surface area (Å²) in [6.07, 6.45) is 0. The van der Waals surface area contributed by atoms with Crippen molar-refractivity contribution in [3.05, 3.63) is 89.2 Å². The van der Waals surface area contributed by atoms with Crippen LogP contribution in [-0.2, 0) is 16.6 Å². The number of halogens is 1. The first-order chi connectivity index (χ1) is 12.8. The molecule has 2 N–H and O–H groups in total. The molecular weight excluding hydrogens is 363 g/mol. The van der Waals surface area contributed by atoms with Crippen LogP contribution >= 0.6 is 0 Å². The molecule has 0 spiro atoms. The molecule has 27 heavy (non-hydrogen) atoms. The second-order valence-electron chi connectivity index (χ2n) is 6.44. The van der Waals surface area contributed by atoms with Crippen molar-refractivity contribution in [3.63, 3.8) is 0 Å². The molecule has 0 heterocycles. The molecule has 3 rings (SSSR count). The van der Waals surface area contributed by atoms with Crippen LogP contribution in [0.3, 0.4) is 0 Å². The number of aryl methyl sites for hydroxylation is 2. The lowest BCUT2D eigenvalue weighted by molar-refractivity contribution is 0.598. The molecule has 3 aromatic rings. The van der Waals surface area contributed by atoms with Crippen LogP contribution in [0.4, 0.5) is 15.8 Å². The zero-order valence-corrected chi connectivity index (χ0v) is 16.0. The van der Waals surface area contributed by atoms with E-state index in [1.807, 2.05) is 37.3 Å². The zero-order chi connectivity index (χ0) is 19.4. The molecule has 140 valence electrons. The summed E-state index contributed by atoms with van der Waals surface area (Å²) in [5.41, 5.74) is 3.99. The molecule has 0 atom stereocenters. The third-order valence-corrected chi connectivity index (χ3v) is 5.53. The molecule has 0 saturated carbocycles. The van der Waals surface area contributed by atoms with Crippen LogP contribution < -0.4 is 10.0 Å². The Hall–Kier alpha value is -2.86. The lowest BCUT2D eigenvalue weighted by Gasteiger charge is -2.11. The first-order valence-corrected chi connectivity index (χ1v) is 10.0. The lowest BCUT2D eigenvalue weighted by Crippen LogP contribution is -2.13. The summed E-state index contributed by atoms with van der Waals surface area (Å²) in [5, 5.41) is 3.30. The maximum absolute atomic E-state index is 13.4. The van der Waals surface area contributed by atoms with Crippen LogP contribution in [0.25, 0.3) is 0 Å². The van der Waals surface area contributed by atoms with E-state index in [1.165, 1.54) is 30.2 Å². The monoisotopic (exact) mass is 384 g/mol. The highest BCUT2D eigenvalue weighted by Crippen LogP contribution is 2.20. The van der Waals surface area contributed by atoms with Crippen molar-refractivity contribution in [1.82, 2.24) is 0 Å². The fraction of sp³-hybridized carbons (Fsp3) is 0.143. The normalized spacial score (nSPS) is 11.2. The molecule has 0 aromatic heterocycles. The Morgan fingerprint density at radius 2 is 1.59 bits per heavy atom. The van der Waals surface area contributed by atoms with Crippen molar-refractivity contribution in [3.8, 4) is 0 Å². The van der Waals surface area contributed by atoms with Crippen molar-refractivity contribution < 1.29 is 12.8 Å². The van der Waals surface area contributed by atoms with Gasteiger partial charge in [0.1, 0.15) is 5.82 Å². The van der Waals surface area contributed by atoms with Gasteiger partial charge in [-0.25, -0.2) is 12.8 Å². The van der Waals surface area contributed by atoms with Gasteiger partial charge in [0, 0.05) is 17.9 Å². The van der Waals surface area contributed by atoms with Crippen LogP contribution in [0.2, 0.25) is 0 Å². The molecule has 0 aliphatic heterocycles. The van der Waals surface area contributed by atoms with Crippen LogP contribution in [0.1, 0.15) is 16.7 Å². The average molecular weight is 384 g/mol. The van der Waals surface area contributed by atoms with Crippen molar-refractivity contribution in [1.29, 1.82) is 0 Å². The Labute approximate surface area is 159 Å². The van der Waals surface area contributed by atoms with E-state index in [9.17, 15) is 12.8 Å². The summed E-state index contributed by atoms with van der Waals surface area (Å²) in [6.45, 7) is 4.26. The topological polar surface area (TPSA) is 58.2 Å². The highest BCUT2D eigenvalue weighted by molar-refractivity contribution is 7.92. The minimum absolute atomic E-state index is 0.0306. The fourth-order valence-electron chi connectivity index (χ4n) is 2.68. The highest BCUT2D eigenvalue weighted by Gasteiger charge is 2.15. The van der Waals surface area contributed by atoms with Crippen molar-refractivity contribution in [2.45, 2.75) is 25.3 Å². The summed E-state index contributed by atoms with van der Waals surface area (Å²) >= 11 is 0. The van der Waals surface area contributed by atoms with E-state index in [0.717, 1.165) is 11.8 Å². The minimum Gasteiger partial charge on any atom is -0.381 e. The summed E-state index contributed by atoms with van der Waals surface area (Å²) in [4.78, 5) is 0.0306. The molecule has 0 unspecified atom stereocenters. The van der Waals surface area contributed by atoms with E-state index in [0.29, 0.717) is 12.2 Å². The Morgan fingerprint density at radius 3 is 2.26 bits per heavy atom. The minimum atomic E-state index is -3.76. The van der Waals surface area contributed by atoms with E-state index >= 15 is 0 Å². The van der Waals surface area contributed by atoms with E-state index in [-0.39, 0.29) is 10.5 Å². The van der Waals surface area contributed by atoms with Crippen molar-refractivity contribution in [2.24, 2.45) is 0 Å². The third kappa shape index (κ3) is 4.86. The van der Waals surface area contributed by atoms with Crippen molar-refractivity contribution >= 4 is 21.4 Å². The molecule has 0 aliphatic rings. The highest BCUT2D eigenvalue weighted by atomic mass is 32.2. The van der Waals surface area contributed by atoms with Gasteiger partial charge < -0.3 is 5.32 Å². The maximum atomic E-state index is 13.4. The van der Waals surface area contributed by atoms with Gasteiger partial charge in [-0.3, -0.25) is 4.72 Å². The van der Waals surface area contributed by atoms with Crippen LogP contribution in [0, 0.1) is 19.7 Å². The second kappa shape index (κ2) is 7.80. The summed E-state index contributed by atoms with van der Waals surface area (Å²) in [7, 11) is -3.76. The van der Waals surface area contributed by atoms with Crippen LogP contribution in [0.15, 0.2) is 71.6 Å². The standard InChI is InChI=1S/C21H21FN2O2S/c1-15-4-3-5-17(12-15)14-23-18-6-8-19(9-7-18)24-27(25,26)20-10-11-21(22)16(2)13-20/h3-13,23-24H,14H2,1-2H3. The van der Waals surface area contributed by atoms with Gasteiger partial charge >= 0.3 is 0 Å². The van der Waals surface area contributed by atoms with E-state index in [4.69, 9.17) is 0 Å². The Morgan fingerprint density at radius 1 is 0.889 bits per heavy atom. The number of sulfonamides is 1. The smallest absolute Gasteiger partial charge is 0.261 e. The molecule has 0 aliphatic carbocycles. The van der Waals surface area contributed by atoms with Gasteiger partial charge in [0.2, 0.25) is 0 Å². The number of benzene rings is 3. The van der Waals surface area contributed by atoms with Gasteiger partial charge in [-0.1, -0.05) is 29.8 Å². The predicted molar refractivity (Wildman–Crippen MR) is 107 cm³/mol. The molecule has 0 radical (unpaired) electrons. The van der Waals surface area contributed by atoms with E-state index in [2.05, 4.69) is 16.1 Å². The third-order valence-electron chi connectivity index (χ3n) is 4.16. The predicted octanol–water partition coefficient (Wildman–Crippen LogP) is 4.86. The van der Waals surface area contributed by atoms with E-state index < -0.39 is 15.8 Å². The lowest BCUT2D eigenvalue weighted by atomic mass is 10.1. The number of anilines is 2. The molecule has 3 aromatic carbocycles. The zero-order valence-electron chi connectivity index (χ0n) is 15.2. The van der Waals surface area contributed by atoms with Gasteiger partial charge in [-0.15, -0.1) is 0 Å². The fourth-order valence-corrected chi connectivity index (χ4v) is 3.82. The van der Waals surface area contributed by atoms with Crippen LogP contribution in [0.5, 0.6) is 0 Å². The molecule has 6 heteroatoms. The summed E-state index contributed by atoms with van der Waals surface area (Å²) in [6, 6.07) is 18.9. The van der Waals surface area contributed by atoms with Crippen molar-refractivity contribution in [2.75, 3.05) is 10.0 Å². The molecule has 0 fully saturated rings. The molecule has 0 amide bonds. The molecule has 0 saturated heterocycles. The van der Waals surface area contributed by atoms with Crippen LogP contribution in [-0.4, -0.2) is 8.42 Å². The Kier molecular flexibility index (Phi) is 5.46. The quantitative estimate of drug-likeness (QED) is 0.638.